The maximum Gasteiger partial charge on any atom is 0.469 e. The maximum atomic E-state index is 12.4. The summed E-state index contributed by atoms with van der Waals surface area (Å²) in [4.78, 5) is 42.9. The number of hydrogen-bond donors (Lipinski definition) is 2. The lowest BCUT2D eigenvalue weighted by atomic mass is 10.0. The summed E-state index contributed by atoms with van der Waals surface area (Å²) < 4.78 is 26.4. The summed E-state index contributed by atoms with van der Waals surface area (Å²) in [6.45, 7) is 3.71. The summed E-state index contributed by atoms with van der Waals surface area (Å²) in [5.74, 6) is -0.881. The monoisotopic (exact) mass is 759 g/mol. The van der Waals surface area contributed by atoms with Gasteiger partial charge in [-0.3, -0.25) is 14.1 Å². The predicted octanol–water partition coefficient (Wildman–Crippen LogP) is 13.4. The second-order valence-electron chi connectivity index (χ2n) is 15.0. The molecule has 0 radical (unpaired) electrons. The smallest absolute Gasteiger partial charge is 0.462 e. The molecule has 0 saturated carbocycles. The minimum absolute atomic E-state index is 0.216. The van der Waals surface area contributed by atoms with E-state index in [9.17, 15) is 14.2 Å². The molecule has 0 rings (SSSR count). The minimum atomic E-state index is -4.75. The van der Waals surface area contributed by atoms with Crippen molar-refractivity contribution in [3.63, 3.8) is 0 Å². The van der Waals surface area contributed by atoms with Gasteiger partial charge in [0.05, 0.1) is 6.61 Å². The highest BCUT2D eigenvalue weighted by molar-refractivity contribution is 7.46. The van der Waals surface area contributed by atoms with E-state index in [1.165, 1.54) is 148 Å². The molecule has 0 aliphatic heterocycles. The quantitative estimate of drug-likeness (QED) is 0.0274. The van der Waals surface area contributed by atoms with Crippen LogP contribution in [0.1, 0.15) is 232 Å². The van der Waals surface area contributed by atoms with Gasteiger partial charge in [-0.15, -0.1) is 0 Å². The summed E-state index contributed by atoms with van der Waals surface area (Å²) in [6.07, 6.45) is 43.6. The molecule has 0 aliphatic rings. The molecule has 0 fully saturated rings. The topological polar surface area (TPSA) is 119 Å². The zero-order valence-electron chi connectivity index (χ0n) is 34.0. The molecule has 0 unspecified atom stereocenters. The van der Waals surface area contributed by atoms with Gasteiger partial charge in [0.25, 0.3) is 0 Å². The molecular weight excluding hydrogens is 675 g/mol. The number of esters is 2. The predicted molar refractivity (Wildman–Crippen MR) is 216 cm³/mol. The molecule has 308 valence electrons. The SMILES string of the molecule is CCCCCCCCC/C=C\CCCCCCCC(=O)OC[C@H](COP(=O)(O)O)OC(=O)CCCCCCCCCCCCCCCCCCCC. The first-order chi connectivity index (χ1) is 25.3. The maximum absolute atomic E-state index is 12.4. The van der Waals surface area contributed by atoms with Crippen LogP contribution in [0.4, 0.5) is 0 Å². The number of carbonyl (C=O) groups is 2. The summed E-state index contributed by atoms with van der Waals surface area (Å²) in [5.41, 5.74) is 0. The largest absolute Gasteiger partial charge is 0.469 e. The first kappa shape index (κ1) is 50.8. The molecule has 0 saturated heterocycles. The Morgan fingerprint density at radius 3 is 1.17 bits per heavy atom. The fourth-order valence-electron chi connectivity index (χ4n) is 6.49. The van der Waals surface area contributed by atoms with Crippen LogP contribution in [0.25, 0.3) is 0 Å². The molecule has 8 nitrogen and oxygen atoms in total. The van der Waals surface area contributed by atoms with Crippen LogP contribution in [0, 0.1) is 0 Å². The minimum Gasteiger partial charge on any atom is -0.462 e. The van der Waals surface area contributed by atoms with Gasteiger partial charge in [0.1, 0.15) is 6.61 Å². The van der Waals surface area contributed by atoms with Crippen LogP contribution in [0.5, 0.6) is 0 Å². The third kappa shape index (κ3) is 41.5. The van der Waals surface area contributed by atoms with Gasteiger partial charge in [-0.05, 0) is 38.5 Å². The Morgan fingerprint density at radius 1 is 0.481 bits per heavy atom. The van der Waals surface area contributed by atoms with E-state index in [2.05, 4.69) is 30.5 Å². The highest BCUT2D eigenvalue weighted by Crippen LogP contribution is 2.36. The van der Waals surface area contributed by atoms with Gasteiger partial charge in [-0.2, -0.15) is 0 Å². The first-order valence-corrected chi connectivity index (χ1v) is 23.5. The highest BCUT2D eigenvalue weighted by atomic mass is 31.2. The van der Waals surface area contributed by atoms with Crippen molar-refractivity contribution in [2.24, 2.45) is 0 Å². The Morgan fingerprint density at radius 2 is 0.808 bits per heavy atom. The van der Waals surface area contributed by atoms with Crippen molar-refractivity contribution in [3.8, 4) is 0 Å². The molecule has 0 spiro atoms. The van der Waals surface area contributed by atoms with Crippen molar-refractivity contribution in [2.45, 2.75) is 238 Å². The average molecular weight is 759 g/mol. The van der Waals surface area contributed by atoms with Crippen molar-refractivity contribution in [3.05, 3.63) is 12.2 Å². The summed E-state index contributed by atoms with van der Waals surface area (Å²) in [5, 5.41) is 0. The number of phosphoric ester groups is 1. The van der Waals surface area contributed by atoms with Gasteiger partial charge in [-0.25, -0.2) is 4.57 Å². The van der Waals surface area contributed by atoms with E-state index in [0.717, 1.165) is 51.4 Å². The van der Waals surface area contributed by atoms with Crippen molar-refractivity contribution in [2.75, 3.05) is 13.2 Å². The third-order valence-electron chi connectivity index (χ3n) is 9.78. The van der Waals surface area contributed by atoms with Crippen molar-refractivity contribution >= 4 is 19.8 Å². The molecule has 1 atom stereocenters. The van der Waals surface area contributed by atoms with Crippen LogP contribution in [-0.4, -0.2) is 41.0 Å². The van der Waals surface area contributed by atoms with E-state index in [1.54, 1.807) is 0 Å². The Balaban J connectivity index is 3.87. The molecule has 0 aromatic rings. The lowest BCUT2D eigenvalue weighted by Crippen LogP contribution is -2.29. The van der Waals surface area contributed by atoms with Gasteiger partial charge in [0.2, 0.25) is 0 Å². The van der Waals surface area contributed by atoms with Gasteiger partial charge in [0, 0.05) is 12.8 Å². The second kappa shape index (κ2) is 39.5. The van der Waals surface area contributed by atoms with Crippen LogP contribution in [0.2, 0.25) is 0 Å². The normalized spacial score (nSPS) is 12.5. The molecule has 0 aromatic heterocycles. The van der Waals surface area contributed by atoms with Crippen LogP contribution in [0.3, 0.4) is 0 Å². The van der Waals surface area contributed by atoms with Crippen LogP contribution >= 0.6 is 7.82 Å². The van der Waals surface area contributed by atoms with Gasteiger partial charge >= 0.3 is 19.8 Å². The van der Waals surface area contributed by atoms with Crippen molar-refractivity contribution < 1.29 is 37.9 Å². The van der Waals surface area contributed by atoms with Gasteiger partial charge in [0.15, 0.2) is 6.10 Å². The third-order valence-corrected chi connectivity index (χ3v) is 10.3. The molecular formula is C43H83O8P. The fourth-order valence-corrected chi connectivity index (χ4v) is 6.85. The summed E-state index contributed by atoms with van der Waals surface area (Å²) in [7, 11) is -4.75. The van der Waals surface area contributed by atoms with Crippen molar-refractivity contribution in [1.29, 1.82) is 0 Å². The lowest BCUT2D eigenvalue weighted by molar-refractivity contribution is -0.161. The van der Waals surface area contributed by atoms with Gasteiger partial charge in [-0.1, -0.05) is 193 Å². The van der Waals surface area contributed by atoms with E-state index >= 15 is 0 Å². The molecule has 0 amide bonds. The van der Waals surface area contributed by atoms with E-state index in [4.69, 9.17) is 19.3 Å². The Kier molecular flexibility index (Phi) is 38.6. The number of hydrogen-bond acceptors (Lipinski definition) is 6. The van der Waals surface area contributed by atoms with E-state index in [-0.39, 0.29) is 19.4 Å². The lowest BCUT2D eigenvalue weighted by Gasteiger charge is -2.18. The highest BCUT2D eigenvalue weighted by Gasteiger charge is 2.22. The van der Waals surface area contributed by atoms with Crippen LogP contribution in [-0.2, 0) is 28.2 Å². The van der Waals surface area contributed by atoms with Gasteiger partial charge < -0.3 is 19.3 Å². The second-order valence-corrected chi connectivity index (χ2v) is 16.3. The summed E-state index contributed by atoms with van der Waals surface area (Å²) in [6, 6.07) is 0. The molecule has 0 aliphatic carbocycles. The van der Waals surface area contributed by atoms with Crippen molar-refractivity contribution in [1.82, 2.24) is 0 Å². The zero-order valence-corrected chi connectivity index (χ0v) is 34.9. The fraction of sp³-hybridized carbons (Fsp3) is 0.907. The number of rotatable bonds is 41. The first-order valence-electron chi connectivity index (χ1n) is 22.0. The molecule has 9 heteroatoms. The molecule has 52 heavy (non-hydrogen) atoms. The van der Waals surface area contributed by atoms with E-state index in [0.29, 0.717) is 6.42 Å². The number of phosphoric acid groups is 1. The number of unbranched alkanes of at least 4 members (excludes halogenated alkanes) is 29. The Bertz CT molecular complexity index is 858. The van der Waals surface area contributed by atoms with E-state index < -0.39 is 32.5 Å². The number of ether oxygens (including phenoxy) is 2. The number of carbonyl (C=O) groups excluding carboxylic acids is 2. The number of allylic oxidation sites excluding steroid dienone is 2. The molecule has 0 bridgehead atoms. The zero-order chi connectivity index (χ0) is 38.2. The standard InChI is InChI=1S/C43H83O8P/c1-3-5-7-9-11-13-15-17-19-21-22-24-26-28-30-32-34-36-38-43(45)51-41(40-50-52(46,47)48)39-49-42(44)37-35-33-31-29-27-25-23-20-18-16-14-12-10-8-6-4-2/h20,23,41H,3-19,21-22,24-40H2,1-2H3,(H2,46,47,48)/b23-20-/t41-/m1/s1. The van der Waals surface area contributed by atoms with Crippen LogP contribution < -0.4 is 0 Å². The molecule has 0 heterocycles. The average Bonchev–Trinajstić information content (AvgIpc) is 3.11. The Hall–Kier alpha value is -1.21. The Labute approximate surface area is 320 Å². The van der Waals surface area contributed by atoms with Crippen LogP contribution in [0.15, 0.2) is 12.2 Å². The molecule has 2 N–H and O–H groups in total. The van der Waals surface area contributed by atoms with E-state index in [1.807, 2.05) is 0 Å². The summed E-state index contributed by atoms with van der Waals surface area (Å²) >= 11 is 0. The molecule has 0 aromatic carbocycles.